The number of thiophene rings is 1. The molecule has 1 nitrogen and oxygen atoms in total. The fourth-order valence-corrected chi connectivity index (χ4v) is 4.31. The molecule has 0 saturated carbocycles. The van der Waals surface area contributed by atoms with Gasteiger partial charge in [-0.05, 0) is 18.2 Å². The highest BCUT2D eigenvalue weighted by atomic mass is 79.9. The number of benzene rings is 2. The highest BCUT2D eigenvalue weighted by molar-refractivity contribution is 9.10. The van der Waals surface area contributed by atoms with Crippen molar-refractivity contribution in [3.8, 4) is 5.75 Å². The first kappa shape index (κ1) is 16.4. The SMILES string of the molecule is Oc1cc2sc3c(C(F)(F)F)c(Br)ccc3c2cc1C(F)(F)F. The summed E-state index contributed by atoms with van der Waals surface area (Å²) < 4.78 is 78.0. The molecule has 1 N–H and O–H groups in total. The number of hydrogen-bond acceptors (Lipinski definition) is 2. The van der Waals surface area contributed by atoms with E-state index in [9.17, 15) is 31.4 Å². The fraction of sp³-hybridized carbons (Fsp3) is 0.143. The Kier molecular flexibility index (Phi) is 3.57. The van der Waals surface area contributed by atoms with Crippen LogP contribution in [0.4, 0.5) is 26.3 Å². The van der Waals surface area contributed by atoms with Crippen molar-refractivity contribution in [3.05, 3.63) is 39.9 Å². The molecule has 0 aliphatic carbocycles. The van der Waals surface area contributed by atoms with Crippen LogP contribution in [0, 0.1) is 0 Å². The molecule has 0 aliphatic rings. The molecule has 23 heavy (non-hydrogen) atoms. The van der Waals surface area contributed by atoms with E-state index >= 15 is 0 Å². The van der Waals surface area contributed by atoms with Gasteiger partial charge in [-0.1, -0.05) is 22.0 Å². The van der Waals surface area contributed by atoms with Crippen molar-refractivity contribution in [2.24, 2.45) is 0 Å². The molecule has 3 rings (SSSR count). The number of aromatic hydroxyl groups is 1. The van der Waals surface area contributed by atoms with Gasteiger partial charge in [0.2, 0.25) is 0 Å². The van der Waals surface area contributed by atoms with Gasteiger partial charge in [-0.25, -0.2) is 0 Å². The van der Waals surface area contributed by atoms with Gasteiger partial charge in [-0.3, -0.25) is 0 Å². The van der Waals surface area contributed by atoms with E-state index in [1.165, 1.54) is 6.07 Å². The van der Waals surface area contributed by atoms with E-state index in [0.29, 0.717) is 17.4 Å². The second kappa shape index (κ2) is 5.01. The van der Waals surface area contributed by atoms with E-state index in [1.54, 1.807) is 0 Å². The van der Waals surface area contributed by atoms with E-state index in [0.717, 1.165) is 12.1 Å². The smallest absolute Gasteiger partial charge is 0.419 e. The molecule has 0 amide bonds. The number of alkyl halides is 6. The Bertz CT molecular complexity index is 925. The number of rotatable bonds is 0. The standard InChI is InChI=1S/C14H5BrF6OS/c15-8-2-1-5-6-3-7(13(16,17)18)9(22)4-10(6)23-12(5)11(8)14(19,20)21/h1-4,22H. The zero-order valence-electron chi connectivity index (χ0n) is 10.8. The summed E-state index contributed by atoms with van der Waals surface area (Å²) in [7, 11) is 0. The topological polar surface area (TPSA) is 20.2 Å². The van der Waals surface area contributed by atoms with Crippen LogP contribution in [0.15, 0.2) is 28.7 Å². The maximum atomic E-state index is 13.2. The first-order valence-electron chi connectivity index (χ1n) is 6.02. The quantitative estimate of drug-likeness (QED) is 0.413. The van der Waals surface area contributed by atoms with Gasteiger partial charge in [0.05, 0.1) is 11.1 Å². The van der Waals surface area contributed by atoms with Crippen LogP contribution in [0.25, 0.3) is 20.2 Å². The normalized spacial score (nSPS) is 13.2. The van der Waals surface area contributed by atoms with Crippen molar-refractivity contribution < 1.29 is 31.4 Å². The molecule has 0 aliphatic heterocycles. The summed E-state index contributed by atoms with van der Waals surface area (Å²) in [5, 5.41) is 9.59. The largest absolute Gasteiger partial charge is 0.507 e. The molecule has 0 fully saturated rings. The van der Waals surface area contributed by atoms with E-state index in [1.807, 2.05) is 0 Å². The molecule has 0 bridgehead atoms. The first-order valence-corrected chi connectivity index (χ1v) is 7.63. The molecule has 0 atom stereocenters. The Balaban J connectivity index is 2.45. The third-order valence-electron chi connectivity index (χ3n) is 3.30. The minimum Gasteiger partial charge on any atom is -0.507 e. The maximum absolute atomic E-state index is 13.2. The number of phenolic OH excluding ortho intramolecular Hbond substituents is 1. The molecule has 0 saturated heterocycles. The van der Waals surface area contributed by atoms with Crippen LogP contribution in [-0.2, 0) is 12.4 Å². The second-order valence-corrected chi connectivity index (χ2v) is 6.67. The fourth-order valence-electron chi connectivity index (χ4n) is 2.34. The zero-order valence-corrected chi connectivity index (χ0v) is 13.2. The van der Waals surface area contributed by atoms with Crippen LogP contribution in [0.3, 0.4) is 0 Å². The van der Waals surface area contributed by atoms with Crippen LogP contribution in [0.1, 0.15) is 11.1 Å². The van der Waals surface area contributed by atoms with Crippen LogP contribution in [0.5, 0.6) is 5.75 Å². The van der Waals surface area contributed by atoms with Crippen molar-refractivity contribution in [2.75, 3.05) is 0 Å². The lowest BCUT2D eigenvalue weighted by Gasteiger charge is -2.10. The Morgan fingerprint density at radius 2 is 1.57 bits per heavy atom. The number of fused-ring (bicyclic) bond motifs is 3. The molecule has 0 radical (unpaired) electrons. The van der Waals surface area contributed by atoms with Gasteiger partial charge >= 0.3 is 12.4 Å². The lowest BCUT2D eigenvalue weighted by molar-refractivity contribution is -0.139. The molecular formula is C14H5BrF6OS. The van der Waals surface area contributed by atoms with E-state index in [2.05, 4.69) is 15.9 Å². The van der Waals surface area contributed by atoms with Gasteiger partial charge in [0.25, 0.3) is 0 Å². The number of halogens is 7. The van der Waals surface area contributed by atoms with Gasteiger partial charge in [-0.2, -0.15) is 26.3 Å². The molecular weight excluding hydrogens is 410 g/mol. The summed E-state index contributed by atoms with van der Waals surface area (Å²) in [4.78, 5) is 0. The zero-order chi connectivity index (χ0) is 17.2. The maximum Gasteiger partial charge on any atom is 0.419 e. The molecule has 2 aromatic carbocycles. The molecule has 0 unspecified atom stereocenters. The second-order valence-electron chi connectivity index (χ2n) is 4.76. The van der Waals surface area contributed by atoms with Crippen molar-refractivity contribution in [1.82, 2.24) is 0 Å². The van der Waals surface area contributed by atoms with Gasteiger partial charge in [0, 0.05) is 24.6 Å². The summed E-state index contributed by atoms with van der Waals surface area (Å²) in [5.74, 6) is -1.01. The van der Waals surface area contributed by atoms with Gasteiger partial charge in [0.15, 0.2) is 0 Å². The third-order valence-corrected chi connectivity index (χ3v) is 5.14. The lowest BCUT2D eigenvalue weighted by Crippen LogP contribution is -2.06. The number of phenols is 1. The summed E-state index contributed by atoms with van der Waals surface area (Å²) in [6.45, 7) is 0. The van der Waals surface area contributed by atoms with E-state index in [4.69, 9.17) is 0 Å². The molecule has 1 aromatic heterocycles. The lowest BCUT2D eigenvalue weighted by atomic mass is 10.1. The number of hydrogen-bond donors (Lipinski definition) is 1. The Hall–Kier alpha value is -1.48. The van der Waals surface area contributed by atoms with Gasteiger partial charge in [0.1, 0.15) is 5.75 Å². The predicted molar refractivity (Wildman–Crippen MR) is 78.7 cm³/mol. The van der Waals surface area contributed by atoms with Crippen molar-refractivity contribution in [3.63, 3.8) is 0 Å². The van der Waals surface area contributed by atoms with Gasteiger partial charge in [-0.15, -0.1) is 11.3 Å². The Labute approximate surface area is 137 Å². The average Bonchev–Trinajstić information content (AvgIpc) is 2.71. The summed E-state index contributed by atoms with van der Waals surface area (Å²) >= 11 is 3.51. The molecule has 0 spiro atoms. The highest BCUT2D eigenvalue weighted by Crippen LogP contribution is 2.48. The van der Waals surface area contributed by atoms with Crippen molar-refractivity contribution in [2.45, 2.75) is 12.4 Å². The van der Waals surface area contributed by atoms with Crippen molar-refractivity contribution in [1.29, 1.82) is 0 Å². The van der Waals surface area contributed by atoms with Crippen LogP contribution < -0.4 is 0 Å². The monoisotopic (exact) mass is 414 g/mol. The Morgan fingerprint density at radius 1 is 0.913 bits per heavy atom. The highest BCUT2D eigenvalue weighted by Gasteiger charge is 2.37. The average molecular weight is 415 g/mol. The molecule has 122 valence electrons. The van der Waals surface area contributed by atoms with Gasteiger partial charge < -0.3 is 5.11 Å². The van der Waals surface area contributed by atoms with Crippen LogP contribution in [-0.4, -0.2) is 5.11 Å². The summed E-state index contributed by atoms with van der Waals surface area (Å²) in [6, 6.07) is 4.00. The van der Waals surface area contributed by atoms with E-state index < -0.39 is 29.2 Å². The molecule has 9 heteroatoms. The van der Waals surface area contributed by atoms with E-state index in [-0.39, 0.29) is 24.6 Å². The Morgan fingerprint density at radius 3 is 2.13 bits per heavy atom. The predicted octanol–water partition coefficient (Wildman–Crippen LogP) is 6.56. The van der Waals surface area contributed by atoms with Crippen LogP contribution >= 0.6 is 27.3 Å². The minimum atomic E-state index is -4.80. The molecule has 1 heterocycles. The van der Waals surface area contributed by atoms with Crippen LogP contribution in [0.2, 0.25) is 0 Å². The third kappa shape index (κ3) is 2.65. The summed E-state index contributed by atoms with van der Waals surface area (Å²) in [5.41, 5.74) is -2.22. The minimum absolute atomic E-state index is 0.0214. The van der Waals surface area contributed by atoms with Crippen molar-refractivity contribution >= 4 is 47.4 Å². The summed E-state index contributed by atoms with van der Waals surface area (Å²) in [6.07, 6.45) is -9.46. The first-order chi connectivity index (χ1) is 10.5. The molecule has 3 aromatic rings.